The zero-order valence-corrected chi connectivity index (χ0v) is 13.0. The standard InChI is InChI=1S/C17H19F3N2/c1-4-12(5-2)22-13(6-3)9-14-15(22)8-7-11(10-21)16(14)17(18,19)20/h7-9,12H,4-6H2,1-3H3. The first-order valence-corrected chi connectivity index (χ1v) is 7.53. The second kappa shape index (κ2) is 6.04. The topological polar surface area (TPSA) is 28.7 Å². The summed E-state index contributed by atoms with van der Waals surface area (Å²) in [5.74, 6) is 0. The SMILES string of the molecule is CCc1cc2c(C(F)(F)F)c(C#N)ccc2n1C(CC)CC. The summed E-state index contributed by atoms with van der Waals surface area (Å²) < 4.78 is 42.2. The Morgan fingerprint density at radius 3 is 2.27 bits per heavy atom. The molecule has 0 spiro atoms. The number of hydrogen-bond acceptors (Lipinski definition) is 1. The van der Waals surface area contributed by atoms with Crippen molar-refractivity contribution in [2.45, 2.75) is 52.3 Å². The second-order valence-corrected chi connectivity index (χ2v) is 5.36. The highest BCUT2D eigenvalue weighted by Crippen LogP contribution is 2.40. The third-order valence-electron chi connectivity index (χ3n) is 4.18. The Hall–Kier alpha value is -1.96. The van der Waals surface area contributed by atoms with E-state index in [4.69, 9.17) is 5.26 Å². The van der Waals surface area contributed by atoms with E-state index in [0.717, 1.165) is 18.5 Å². The van der Waals surface area contributed by atoms with Crippen molar-refractivity contribution in [2.24, 2.45) is 0 Å². The third kappa shape index (κ3) is 2.58. The van der Waals surface area contributed by atoms with Crippen LogP contribution in [0.5, 0.6) is 0 Å². The lowest BCUT2D eigenvalue weighted by molar-refractivity contribution is -0.136. The fourth-order valence-electron chi connectivity index (χ4n) is 3.11. The van der Waals surface area contributed by atoms with Gasteiger partial charge in [0.05, 0.1) is 17.2 Å². The normalized spacial score (nSPS) is 12.1. The molecule has 0 amide bonds. The van der Waals surface area contributed by atoms with Crippen molar-refractivity contribution in [3.63, 3.8) is 0 Å². The van der Waals surface area contributed by atoms with Gasteiger partial charge < -0.3 is 4.57 Å². The Balaban J connectivity index is 2.88. The molecule has 0 saturated heterocycles. The molecule has 0 aliphatic carbocycles. The van der Waals surface area contributed by atoms with E-state index in [9.17, 15) is 13.2 Å². The molecule has 0 atom stereocenters. The molecular weight excluding hydrogens is 289 g/mol. The van der Waals surface area contributed by atoms with Gasteiger partial charge in [0, 0.05) is 22.6 Å². The molecule has 1 aromatic carbocycles. The van der Waals surface area contributed by atoms with E-state index < -0.39 is 11.7 Å². The van der Waals surface area contributed by atoms with Crippen LogP contribution in [0.1, 0.15) is 56.5 Å². The highest BCUT2D eigenvalue weighted by atomic mass is 19.4. The van der Waals surface area contributed by atoms with Crippen LogP contribution in [0.2, 0.25) is 0 Å². The summed E-state index contributed by atoms with van der Waals surface area (Å²) in [6.07, 6.45) is -2.16. The average Bonchev–Trinajstić information content (AvgIpc) is 2.85. The van der Waals surface area contributed by atoms with Gasteiger partial charge >= 0.3 is 6.18 Å². The Labute approximate surface area is 128 Å². The number of rotatable bonds is 4. The summed E-state index contributed by atoms with van der Waals surface area (Å²) in [6.45, 7) is 6.01. The van der Waals surface area contributed by atoms with Gasteiger partial charge in [-0.2, -0.15) is 18.4 Å². The van der Waals surface area contributed by atoms with Gasteiger partial charge in [0.25, 0.3) is 0 Å². The molecule has 0 unspecified atom stereocenters. The molecule has 2 rings (SSSR count). The van der Waals surface area contributed by atoms with Crippen LogP contribution < -0.4 is 0 Å². The Morgan fingerprint density at radius 2 is 1.82 bits per heavy atom. The average molecular weight is 308 g/mol. The minimum atomic E-state index is -4.53. The van der Waals surface area contributed by atoms with E-state index in [0.29, 0.717) is 11.9 Å². The number of nitriles is 1. The smallest absolute Gasteiger partial charge is 0.342 e. The minimum absolute atomic E-state index is 0.135. The first-order chi connectivity index (χ1) is 10.4. The zero-order valence-electron chi connectivity index (χ0n) is 13.0. The predicted octanol–water partition coefficient (Wildman–Crippen LogP) is 5.46. The molecular formula is C17H19F3N2. The number of alkyl halides is 3. The quantitative estimate of drug-likeness (QED) is 0.737. The maximum atomic E-state index is 13.4. The van der Waals surface area contributed by atoms with E-state index in [-0.39, 0.29) is 17.0 Å². The summed E-state index contributed by atoms with van der Waals surface area (Å²) in [6, 6.07) is 6.35. The van der Waals surface area contributed by atoms with Crippen molar-refractivity contribution in [1.29, 1.82) is 5.26 Å². The number of aromatic nitrogens is 1. The zero-order chi connectivity index (χ0) is 16.5. The highest BCUT2D eigenvalue weighted by molar-refractivity contribution is 5.87. The molecule has 22 heavy (non-hydrogen) atoms. The van der Waals surface area contributed by atoms with Crippen molar-refractivity contribution in [1.82, 2.24) is 4.57 Å². The second-order valence-electron chi connectivity index (χ2n) is 5.36. The van der Waals surface area contributed by atoms with Crippen molar-refractivity contribution in [3.8, 4) is 6.07 Å². The predicted molar refractivity (Wildman–Crippen MR) is 80.7 cm³/mol. The Kier molecular flexibility index (Phi) is 4.50. The lowest BCUT2D eigenvalue weighted by Crippen LogP contribution is -2.11. The number of fused-ring (bicyclic) bond motifs is 1. The maximum absolute atomic E-state index is 13.4. The van der Waals surface area contributed by atoms with Gasteiger partial charge in [0.15, 0.2) is 0 Å². The monoisotopic (exact) mass is 308 g/mol. The molecule has 1 aromatic heterocycles. The number of aryl methyl sites for hydroxylation is 1. The van der Waals surface area contributed by atoms with E-state index in [1.807, 2.05) is 25.3 Å². The maximum Gasteiger partial charge on any atom is 0.418 e. The largest absolute Gasteiger partial charge is 0.418 e. The van der Waals surface area contributed by atoms with Crippen LogP contribution in [0.3, 0.4) is 0 Å². The van der Waals surface area contributed by atoms with Gasteiger partial charge in [-0.3, -0.25) is 0 Å². The van der Waals surface area contributed by atoms with E-state index in [1.165, 1.54) is 6.07 Å². The van der Waals surface area contributed by atoms with Gasteiger partial charge in [-0.1, -0.05) is 20.8 Å². The summed E-state index contributed by atoms with van der Waals surface area (Å²) >= 11 is 0. The van der Waals surface area contributed by atoms with Crippen LogP contribution in [0, 0.1) is 11.3 Å². The molecule has 5 heteroatoms. The molecule has 2 aromatic rings. The molecule has 2 nitrogen and oxygen atoms in total. The Morgan fingerprint density at radius 1 is 1.18 bits per heavy atom. The molecule has 0 saturated carbocycles. The summed E-state index contributed by atoms with van der Waals surface area (Å²) in [7, 11) is 0. The highest BCUT2D eigenvalue weighted by Gasteiger charge is 2.36. The van der Waals surface area contributed by atoms with Crippen molar-refractivity contribution < 1.29 is 13.2 Å². The molecule has 0 radical (unpaired) electrons. The first-order valence-electron chi connectivity index (χ1n) is 7.53. The van der Waals surface area contributed by atoms with Gasteiger partial charge in [-0.15, -0.1) is 0 Å². The number of nitrogens with zero attached hydrogens (tertiary/aromatic N) is 2. The minimum Gasteiger partial charge on any atom is -0.342 e. The fourth-order valence-corrected chi connectivity index (χ4v) is 3.11. The van der Waals surface area contributed by atoms with Gasteiger partial charge in [0.2, 0.25) is 0 Å². The van der Waals surface area contributed by atoms with Crippen LogP contribution in [-0.4, -0.2) is 4.57 Å². The van der Waals surface area contributed by atoms with Crippen LogP contribution in [0.25, 0.3) is 10.9 Å². The van der Waals surface area contributed by atoms with E-state index in [2.05, 4.69) is 0 Å². The van der Waals surface area contributed by atoms with E-state index >= 15 is 0 Å². The molecule has 0 bridgehead atoms. The molecule has 0 aliphatic heterocycles. The molecule has 0 aliphatic rings. The van der Waals surface area contributed by atoms with Crippen molar-refractivity contribution in [2.75, 3.05) is 0 Å². The summed E-state index contributed by atoms with van der Waals surface area (Å²) in [5.41, 5.74) is 0.317. The molecule has 0 N–H and O–H groups in total. The number of hydrogen-bond donors (Lipinski definition) is 0. The van der Waals surface area contributed by atoms with Crippen LogP contribution in [0.4, 0.5) is 13.2 Å². The van der Waals surface area contributed by atoms with Gasteiger partial charge in [-0.05, 0) is 37.5 Å². The van der Waals surface area contributed by atoms with E-state index in [1.54, 1.807) is 18.2 Å². The van der Waals surface area contributed by atoms with Crippen LogP contribution in [-0.2, 0) is 12.6 Å². The Bertz CT molecular complexity index is 716. The fraction of sp³-hybridized carbons (Fsp3) is 0.471. The van der Waals surface area contributed by atoms with Crippen molar-refractivity contribution >= 4 is 10.9 Å². The number of benzene rings is 1. The van der Waals surface area contributed by atoms with Crippen LogP contribution in [0.15, 0.2) is 18.2 Å². The first kappa shape index (κ1) is 16.4. The van der Waals surface area contributed by atoms with Gasteiger partial charge in [-0.25, -0.2) is 0 Å². The van der Waals surface area contributed by atoms with Crippen molar-refractivity contribution in [3.05, 3.63) is 35.0 Å². The third-order valence-corrected chi connectivity index (χ3v) is 4.18. The summed E-state index contributed by atoms with van der Waals surface area (Å²) in [5, 5.41) is 9.15. The van der Waals surface area contributed by atoms with Gasteiger partial charge in [0.1, 0.15) is 0 Å². The molecule has 118 valence electrons. The lowest BCUT2D eigenvalue weighted by Gasteiger charge is -2.20. The molecule has 0 fully saturated rings. The molecule has 1 heterocycles. The lowest BCUT2D eigenvalue weighted by atomic mass is 10.0. The van der Waals surface area contributed by atoms with Crippen LogP contribution >= 0.6 is 0 Å². The summed E-state index contributed by atoms with van der Waals surface area (Å²) in [4.78, 5) is 0. The number of halogens is 3.